The quantitative estimate of drug-likeness (QED) is 0.858. The molecule has 6 nitrogen and oxygen atoms in total. The minimum Gasteiger partial charge on any atom is -0.365 e. The van der Waals surface area contributed by atoms with Gasteiger partial charge in [-0.3, -0.25) is 9.48 Å². The summed E-state index contributed by atoms with van der Waals surface area (Å²) in [5.41, 5.74) is 1.15. The highest BCUT2D eigenvalue weighted by molar-refractivity contribution is 5.77. The first-order valence-electron chi connectivity index (χ1n) is 7.47. The predicted molar refractivity (Wildman–Crippen MR) is 77.6 cm³/mol. The third-order valence-electron chi connectivity index (χ3n) is 4.27. The summed E-state index contributed by atoms with van der Waals surface area (Å²) in [4.78, 5) is 16.6. The molecule has 6 heteroatoms. The fourth-order valence-corrected chi connectivity index (χ4v) is 3.06. The number of rotatable bonds is 3. The molecule has 1 aromatic rings. The Morgan fingerprint density at radius 1 is 1.40 bits per heavy atom. The third kappa shape index (κ3) is 2.95. The predicted octanol–water partition coefficient (Wildman–Crippen LogP) is 0.211. The van der Waals surface area contributed by atoms with E-state index in [2.05, 4.69) is 15.3 Å². The van der Waals surface area contributed by atoms with Crippen LogP contribution in [0.1, 0.15) is 19.3 Å². The smallest absolute Gasteiger partial charge is 0.224 e. The van der Waals surface area contributed by atoms with Crippen LogP contribution in [0.15, 0.2) is 12.4 Å². The lowest BCUT2D eigenvalue weighted by atomic mass is 10.1. The Balaban J connectivity index is 1.49. The van der Waals surface area contributed by atoms with Crippen LogP contribution >= 0.6 is 0 Å². The van der Waals surface area contributed by atoms with Crippen molar-refractivity contribution >= 4 is 11.6 Å². The zero-order chi connectivity index (χ0) is 13.9. The molecule has 1 amide bonds. The Labute approximate surface area is 119 Å². The molecule has 3 heterocycles. The number of aromatic nitrogens is 2. The minimum absolute atomic E-state index is 0.301. The summed E-state index contributed by atoms with van der Waals surface area (Å²) >= 11 is 0. The molecule has 2 aliphatic heterocycles. The van der Waals surface area contributed by atoms with Crippen LogP contribution < -0.4 is 10.2 Å². The summed E-state index contributed by atoms with van der Waals surface area (Å²) in [6, 6.07) is 0.402. The minimum atomic E-state index is 0.301. The Kier molecular flexibility index (Phi) is 3.91. The van der Waals surface area contributed by atoms with E-state index >= 15 is 0 Å². The second kappa shape index (κ2) is 5.83. The number of hydrogen-bond acceptors (Lipinski definition) is 4. The van der Waals surface area contributed by atoms with Crippen LogP contribution in [0, 0.1) is 0 Å². The fraction of sp³-hybridized carbons (Fsp3) is 0.714. The van der Waals surface area contributed by atoms with Crippen LogP contribution in [0.4, 0.5) is 5.69 Å². The van der Waals surface area contributed by atoms with Gasteiger partial charge in [0.05, 0.1) is 11.9 Å². The maximum absolute atomic E-state index is 12.3. The Morgan fingerprint density at radius 3 is 2.80 bits per heavy atom. The van der Waals surface area contributed by atoms with E-state index in [1.165, 1.54) is 6.42 Å². The topological polar surface area (TPSA) is 53.4 Å². The van der Waals surface area contributed by atoms with Gasteiger partial charge in [0.2, 0.25) is 5.91 Å². The summed E-state index contributed by atoms with van der Waals surface area (Å²) in [5, 5.41) is 7.60. The third-order valence-corrected chi connectivity index (χ3v) is 4.27. The Hall–Kier alpha value is -1.56. The number of anilines is 1. The number of carbonyl (C=O) groups is 1. The average molecular weight is 277 g/mol. The lowest BCUT2D eigenvalue weighted by molar-refractivity contribution is -0.131. The van der Waals surface area contributed by atoms with Crippen LogP contribution in [0.2, 0.25) is 0 Å². The molecule has 3 rings (SSSR count). The van der Waals surface area contributed by atoms with Crippen molar-refractivity contribution in [2.24, 2.45) is 7.05 Å². The Bertz CT molecular complexity index is 458. The van der Waals surface area contributed by atoms with Crippen molar-refractivity contribution in [1.29, 1.82) is 0 Å². The maximum atomic E-state index is 12.3. The summed E-state index contributed by atoms with van der Waals surface area (Å²) in [6.07, 6.45) is 6.92. The lowest BCUT2D eigenvalue weighted by Gasteiger charge is -2.35. The fourth-order valence-electron chi connectivity index (χ4n) is 3.06. The second-order valence-electron chi connectivity index (χ2n) is 5.74. The molecular weight excluding hydrogens is 254 g/mol. The number of carbonyl (C=O) groups excluding carboxylic acids is 1. The highest BCUT2D eigenvalue weighted by atomic mass is 16.2. The molecule has 110 valence electrons. The number of piperazine rings is 1. The van der Waals surface area contributed by atoms with Crippen LogP contribution in [-0.4, -0.2) is 59.4 Å². The van der Waals surface area contributed by atoms with Gasteiger partial charge in [0.25, 0.3) is 0 Å². The van der Waals surface area contributed by atoms with Crippen LogP contribution in [0.3, 0.4) is 0 Å². The van der Waals surface area contributed by atoms with Crippen molar-refractivity contribution in [2.75, 3.05) is 37.6 Å². The zero-order valence-electron chi connectivity index (χ0n) is 12.1. The van der Waals surface area contributed by atoms with Gasteiger partial charge < -0.3 is 15.1 Å². The van der Waals surface area contributed by atoms with Crippen LogP contribution in [-0.2, 0) is 11.8 Å². The van der Waals surface area contributed by atoms with Crippen LogP contribution in [0.25, 0.3) is 0 Å². The normalized spacial score (nSPS) is 23.4. The first kappa shape index (κ1) is 13.4. The van der Waals surface area contributed by atoms with Gasteiger partial charge in [-0.1, -0.05) is 0 Å². The van der Waals surface area contributed by atoms with Crippen molar-refractivity contribution in [3.8, 4) is 0 Å². The van der Waals surface area contributed by atoms with Crippen molar-refractivity contribution in [3.05, 3.63) is 12.4 Å². The first-order valence-corrected chi connectivity index (χ1v) is 7.47. The molecule has 2 aliphatic rings. The highest BCUT2D eigenvalue weighted by Crippen LogP contribution is 2.16. The molecule has 0 aromatic carbocycles. The molecular formula is C14H23N5O. The van der Waals surface area contributed by atoms with Gasteiger partial charge in [-0.05, 0) is 19.4 Å². The summed E-state index contributed by atoms with van der Waals surface area (Å²) in [7, 11) is 1.93. The number of amides is 1. The average Bonchev–Trinajstić information content (AvgIpc) is 3.10. The molecule has 0 aliphatic carbocycles. The van der Waals surface area contributed by atoms with E-state index in [-0.39, 0.29) is 0 Å². The maximum Gasteiger partial charge on any atom is 0.224 e. The molecule has 2 saturated heterocycles. The summed E-state index contributed by atoms with van der Waals surface area (Å²) < 4.78 is 1.82. The summed E-state index contributed by atoms with van der Waals surface area (Å²) in [6.45, 7) is 4.50. The first-order chi connectivity index (χ1) is 9.72. The van der Waals surface area contributed by atoms with Gasteiger partial charge in [-0.15, -0.1) is 0 Å². The SMILES string of the molecule is Cn1cc(N2CCN(C(=O)CC3CCCN3)CC2)cn1. The Morgan fingerprint density at radius 2 is 2.20 bits per heavy atom. The molecule has 0 saturated carbocycles. The number of nitrogens with one attached hydrogen (secondary N) is 1. The van der Waals surface area contributed by atoms with Crippen molar-refractivity contribution in [2.45, 2.75) is 25.3 Å². The lowest BCUT2D eigenvalue weighted by Crippen LogP contribution is -2.49. The van der Waals surface area contributed by atoms with E-state index in [9.17, 15) is 4.79 Å². The number of hydrogen-bond donors (Lipinski definition) is 1. The van der Waals surface area contributed by atoms with Gasteiger partial charge in [-0.25, -0.2) is 0 Å². The molecule has 0 spiro atoms. The van der Waals surface area contributed by atoms with E-state index in [0.717, 1.165) is 44.8 Å². The molecule has 1 atom stereocenters. The molecule has 1 unspecified atom stereocenters. The molecule has 2 fully saturated rings. The van der Waals surface area contributed by atoms with Crippen LogP contribution in [0.5, 0.6) is 0 Å². The largest absolute Gasteiger partial charge is 0.365 e. The van der Waals surface area contributed by atoms with Gasteiger partial charge in [0, 0.05) is 51.9 Å². The molecule has 0 radical (unpaired) electrons. The van der Waals surface area contributed by atoms with Crippen molar-refractivity contribution in [1.82, 2.24) is 20.0 Å². The second-order valence-corrected chi connectivity index (χ2v) is 5.74. The number of nitrogens with zero attached hydrogens (tertiary/aromatic N) is 4. The van der Waals surface area contributed by atoms with Gasteiger partial charge in [-0.2, -0.15) is 5.10 Å². The van der Waals surface area contributed by atoms with Gasteiger partial charge in [0.15, 0.2) is 0 Å². The molecule has 20 heavy (non-hydrogen) atoms. The van der Waals surface area contributed by atoms with Crippen molar-refractivity contribution in [3.63, 3.8) is 0 Å². The number of aryl methyl sites for hydroxylation is 1. The zero-order valence-corrected chi connectivity index (χ0v) is 12.1. The summed E-state index contributed by atoms with van der Waals surface area (Å²) in [5.74, 6) is 0.301. The van der Waals surface area contributed by atoms with E-state index in [1.807, 2.05) is 29.0 Å². The van der Waals surface area contributed by atoms with E-state index < -0.39 is 0 Å². The molecule has 1 N–H and O–H groups in total. The molecule has 1 aromatic heterocycles. The van der Waals surface area contributed by atoms with Gasteiger partial charge in [0.1, 0.15) is 0 Å². The molecule has 0 bridgehead atoms. The highest BCUT2D eigenvalue weighted by Gasteiger charge is 2.25. The standard InChI is InChI=1S/C14H23N5O/c1-17-11-13(10-16-17)18-5-7-19(8-6-18)14(20)9-12-3-2-4-15-12/h10-12,15H,2-9H2,1H3. The van der Waals surface area contributed by atoms with Crippen molar-refractivity contribution < 1.29 is 4.79 Å². The van der Waals surface area contributed by atoms with Gasteiger partial charge >= 0.3 is 0 Å². The van der Waals surface area contributed by atoms with E-state index in [1.54, 1.807) is 0 Å². The van der Waals surface area contributed by atoms with E-state index in [0.29, 0.717) is 18.4 Å². The van der Waals surface area contributed by atoms with E-state index in [4.69, 9.17) is 0 Å². The monoisotopic (exact) mass is 277 g/mol.